The van der Waals surface area contributed by atoms with Crippen molar-refractivity contribution in [3.63, 3.8) is 0 Å². The minimum atomic E-state index is -0.427. The second-order valence-corrected chi connectivity index (χ2v) is 6.39. The Morgan fingerprint density at radius 3 is 2.92 bits per heavy atom. The molecular weight excluding hydrogens is 373 g/mol. The molecule has 0 aliphatic rings. The van der Waals surface area contributed by atoms with Gasteiger partial charge >= 0.3 is 0 Å². The third-order valence-electron chi connectivity index (χ3n) is 3.86. The molecule has 0 saturated heterocycles. The molecule has 0 aliphatic heterocycles. The van der Waals surface area contributed by atoms with Crippen LogP contribution in [0.15, 0.2) is 46.9 Å². The van der Waals surface area contributed by atoms with Gasteiger partial charge in [-0.3, -0.25) is 4.79 Å². The van der Waals surface area contributed by atoms with Crippen molar-refractivity contribution >= 4 is 32.9 Å². The van der Waals surface area contributed by atoms with Gasteiger partial charge in [0.05, 0.1) is 16.6 Å². The third kappa shape index (κ3) is 3.48. The zero-order valence-electron chi connectivity index (χ0n) is 13.2. The van der Waals surface area contributed by atoms with Gasteiger partial charge in [0.2, 0.25) is 0 Å². The predicted molar refractivity (Wildman–Crippen MR) is 95.5 cm³/mol. The van der Waals surface area contributed by atoms with Crippen molar-refractivity contribution in [2.24, 2.45) is 0 Å². The molecule has 6 heteroatoms. The van der Waals surface area contributed by atoms with Crippen LogP contribution < -0.4 is 5.32 Å². The topological polar surface area (TPSA) is 46.9 Å². The Labute approximate surface area is 147 Å². The Morgan fingerprint density at radius 2 is 2.08 bits per heavy atom. The summed E-state index contributed by atoms with van der Waals surface area (Å²) in [6.07, 6.45) is 0.764. The van der Waals surface area contributed by atoms with E-state index >= 15 is 0 Å². The number of fused-ring (bicyclic) bond motifs is 1. The van der Waals surface area contributed by atoms with Crippen LogP contribution >= 0.6 is 15.9 Å². The predicted octanol–water partition coefficient (Wildman–Crippen LogP) is 4.07. The summed E-state index contributed by atoms with van der Waals surface area (Å²) in [5.41, 5.74) is 2.37. The maximum Gasteiger partial charge on any atom is 0.252 e. The second kappa shape index (κ2) is 7.13. The number of benzene rings is 2. The lowest BCUT2D eigenvalue weighted by Crippen LogP contribution is -2.25. The number of carbonyl (C=O) groups excluding carboxylic acids is 1. The van der Waals surface area contributed by atoms with Crippen LogP contribution in [-0.2, 0) is 6.54 Å². The van der Waals surface area contributed by atoms with E-state index in [-0.39, 0.29) is 5.91 Å². The maximum atomic E-state index is 13.3. The van der Waals surface area contributed by atoms with Gasteiger partial charge < -0.3 is 9.88 Å². The van der Waals surface area contributed by atoms with E-state index in [1.165, 1.54) is 18.2 Å². The molecule has 1 heterocycles. The van der Waals surface area contributed by atoms with Gasteiger partial charge in [0.25, 0.3) is 5.91 Å². The van der Waals surface area contributed by atoms with Gasteiger partial charge in [0, 0.05) is 17.6 Å². The quantitative estimate of drug-likeness (QED) is 0.668. The number of amides is 1. The normalized spacial score (nSPS) is 11.0. The van der Waals surface area contributed by atoms with E-state index in [1.54, 1.807) is 0 Å². The van der Waals surface area contributed by atoms with Crippen LogP contribution in [0.25, 0.3) is 11.0 Å². The summed E-state index contributed by atoms with van der Waals surface area (Å²) in [6, 6.07) is 12.1. The minimum absolute atomic E-state index is 0.284. The van der Waals surface area contributed by atoms with Gasteiger partial charge in [-0.05, 0) is 59.6 Å². The molecule has 0 radical (unpaired) electrons. The lowest BCUT2D eigenvalue weighted by Gasteiger charge is -2.09. The van der Waals surface area contributed by atoms with Crippen molar-refractivity contribution in [3.05, 3.63) is 64.1 Å². The molecule has 0 atom stereocenters. The smallest absolute Gasteiger partial charge is 0.252 e. The van der Waals surface area contributed by atoms with Crippen molar-refractivity contribution in [2.45, 2.75) is 19.9 Å². The Morgan fingerprint density at radius 1 is 1.29 bits per heavy atom. The first-order valence-electron chi connectivity index (χ1n) is 7.71. The van der Waals surface area contributed by atoms with Crippen molar-refractivity contribution in [2.75, 3.05) is 6.54 Å². The maximum absolute atomic E-state index is 13.3. The van der Waals surface area contributed by atoms with E-state index in [1.807, 2.05) is 31.2 Å². The molecule has 4 nitrogen and oxygen atoms in total. The highest BCUT2D eigenvalue weighted by Crippen LogP contribution is 2.18. The number of halogens is 2. The second-order valence-electron chi connectivity index (χ2n) is 5.53. The summed E-state index contributed by atoms with van der Waals surface area (Å²) in [5, 5.41) is 2.83. The molecule has 0 spiro atoms. The molecule has 0 unspecified atom stereocenters. The molecule has 0 aliphatic carbocycles. The zero-order valence-corrected chi connectivity index (χ0v) is 14.8. The molecule has 1 aromatic heterocycles. The Balaban J connectivity index is 1.60. The zero-order chi connectivity index (χ0) is 17.1. The van der Waals surface area contributed by atoms with Gasteiger partial charge in [0.15, 0.2) is 0 Å². The molecule has 0 bridgehead atoms. The molecule has 24 heavy (non-hydrogen) atoms. The number of rotatable bonds is 5. The Hall–Kier alpha value is -2.21. The van der Waals surface area contributed by atoms with E-state index in [0.29, 0.717) is 16.6 Å². The number of nitrogens with one attached hydrogen (secondary N) is 1. The average Bonchev–Trinajstić information content (AvgIpc) is 2.89. The summed E-state index contributed by atoms with van der Waals surface area (Å²) >= 11 is 3.27. The van der Waals surface area contributed by atoms with Crippen LogP contribution in [0, 0.1) is 12.7 Å². The monoisotopic (exact) mass is 389 g/mol. The largest absolute Gasteiger partial charge is 0.352 e. The molecule has 1 N–H and O–H groups in total. The average molecular weight is 390 g/mol. The number of hydrogen-bond acceptors (Lipinski definition) is 2. The van der Waals surface area contributed by atoms with Crippen LogP contribution in [-0.4, -0.2) is 22.0 Å². The first-order chi connectivity index (χ1) is 11.6. The molecular formula is C18H17BrFN3O. The van der Waals surface area contributed by atoms with E-state index in [9.17, 15) is 9.18 Å². The summed E-state index contributed by atoms with van der Waals surface area (Å²) in [6.45, 7) is 3.24. The van der Waals surface area contributed by atoms with Crippen molar-refractivity contribution < 1.29 is 9.18 Å². The highest BCUT2D eigenvalue weighted by atomic mass is 79.9. The van der Waals surface area contributed by atoms with Crippen LogP contribution in [0.3, 0.4) is 0 Å². The fraction of sp³-hybridized carbons (Fsp3) is 0.222. The number of carbonyl (C=O) groups is 1. The number of hydrogen-bond donors (Lipinski definition) is 1. The van der Waals surface area contributed by atoms with Gasteiger partial charge in [-0.2, -0.15) is 0 Å². The molecule has 1 amide bonds. The van der Waals surface area contributed by atoms with Crippen molar-refractivity contribution in [3.8, 4) is 0 Å². The van der Waals surface area contributed by atoms with Crippen molar-refractivity contribution in [1.29, 1.82) is 0 Å². The number of imidazole rings is 1. The molecule has 2 aromatic carbocycles. The van der Waals surface area contributed by atoms with Crippen LogP contribution in [0.4, 0.5) is 4.39 Å². The standard InChI is InChI=1S/C18H17BrFN3O/c1-12-22-16-5-2-3-6-17(16)23(12)10-4-9-21-18(24)14-11-13(20)7-8-15(14)19/h2-3,5-8,11H,4,9-10H2,1H3,(H,21,24). The molecule has 3 aromatic rings. The molecule has 0 saturated carbocycles. The number of aromatic nitrogens is 2. The minimum Gasteiger partial charge on any atom is -0.352 e. The molecule has 124 valence electrons. The first kappa shape index (κ1) is 16.6. The fourth-order valence-corrected chi connectivity index (χ4v) is 3.11. The summed E-state index contributed by atoms with van der Waals surface area (Å²) in [4.78, 5) is 16.7. The van der Waals surface area contributed by atoms with Crippen LogP contribution in [0.5, 0.6) is 0 Å². The first-order valence-corrected chi connectivity index (χ1v) is 8.50. The SMILES string of the molecule is Cc1nc2ccccc2n1CCCNC(=O)c1cc(F)ccc1Br. The van der Waals surface area contributed by atoms with Crippen molar-refractivity contribution in [1.82, 2.24) is 14.9 Å². The third-order valence-corrected chi connectivity index (χ3v) is 4.55. The van der Waals surface area contributed by atoms with E-state index < -0.39 is 5.82 Å². The summed E-state index contributed by atoms with van der Waals surface area (Å²) in [5.74, 6) is 0.243. The molecule has 0 fully saturated rings. The van der Waals surface area contributed by atoms with Gasteiger partial charge in [0.1, 0.15) is 11.6 Å². The lowest BCUT2D eigenvalue weighted by atomic mass is 10.2. The van der Waals surface area contributed by atoms with Gasteiger partial charge in [-0.15, -0.1) is 0 Å². The van der Waals surface area contributed by atoms with E-state index in [2.05, 4.69) is 30.8 Å². The highest BCUT2D eigenvalue weighted by Gasteiger charge is 2.11. The Kier molecular flexibility index (Phi) is 4.94. The van der Waals surface area contributed by atoms with Crippen LogP contribution in [0.1, 0.15) is 22.6 Å². The number of aryl methyl sites for hydroxylation is 2. The number of para-hydroxylation sites is 2. The highest BCUT2D eigenvalue weighted by molar-refractivity contribution is 9.10. The lowest BCUT2D eigenvalue weighted by molar-refractivity contribution is 0.0951. The summed E-state index contributed by atoms with van der Waals surface area (Å²) < 4.78 is 16.0. The fourth-order valence-electron chi connectivity index (χ4n) is 2.68. The number of nitrogens with zero attached hydrogens (tertiary/aromatic N) is 2. The van der Waals surface area contributed by atoms with Gasteiger partial charge in [-0.1, -0.05) is 12.1 Å². The molecule has 3 rings (SSSR count). The Bertz CT molecular complexity index is 891. The van der Waals surface area contributed by atoms with E-state index in [0.717, 1.165) is 29.8 Å². The van der Waals surface area contributed by atoms with Crippen LogP contribution in [0.2, 0.25) is 0 Å². The van der Waals surface area contributed by atoms with E-state index in [4.69, 9.17) is 0 Å². The summed E-state index contributed by atoms with van der Waals surface area (Å²) in [7, 11) is 0. The van der Waals surface area contributed by atoms with Gasteiger partial charge in [-0.25, -0.2) is 9.37 Å².